The lowest BCUT2D eigenvalue weighted by atomic mass is 9.98. The first-order valence-corrected chi connectivity index (χ1v) is 4.27. The molecule has 0 aromatic carbocycles. The molecule has 62 valence electrons. The summed E-state index contributed by atoms with van der Waals surface area (Å²) in [5.41, 5.74) is 0. The van der Waals surface area contributed by atoms with Crippen LogP contribution in [-0.4, -0.2) is 30.7 Å². The first kappa shape index (κ1) is 6.40. The molecule has 1 saturated carbocycles. The van der Waals surface area contributed by atoms with Gasteiger partial charge < -0.3 is 14.6 Å². The van der Waals surface area contributed by atoms with Gasteiger partial charge in [0.25, 0.3) is 0 Å². The van der Waals surface area contributed by atoms with E-state index >= 15 is 0 Å². The summed E-state index contributed by atoms with van der Waals surface area (Å²) < 4.78 is 10.8. The molecule has 2 aliphatic heterocycles. The van der Waals surface area contributed by atoms with Crippen molar-refractivity contribution in [1.29, 1.82) is 0 Å². The highest BCUT2D eigenvalue weighted by Gasteiger charge is 2.54. The normalized spacial score (nSPS) is 60.3. The van der Waals surface area contributed by atoms with Crippen LogP contribution in [0.25, 0.3) is 0 Å². The Balaban J connectivity index is 1.96. The smallest absolute Gasteiger partial charge is 0.160 e. The molecule has 3 rings (SSSR count). The quantitative estimate of drug-likeness (QED) is 0.536. The van der Waals surface area contributed by atoms with E-state index in [1.807, 2.05) is 0 Å². The van der Waals surface area contributed by atoms with Gasteiger partial charge in [0.15, 0.2) is 6.29 Å². The van der Waals surface area contributed by atoms with E-state index in [-0.39, 0.29) is 12.4 Å². The molecule has 0 radical (unpaired) electrons. The maximum atomic E-state index is 9.73. The Morgan fingerprint density at radius 1 is 1.09 bits per heavy atom. The average Bonchev–Trinajstić information content (AvgIpc) is 2.51. The second-order valence-electron chi connectivity index (χ2n) is 3.85. The highest BCUT2D eigenvalue weighted by Crippen LogP contribution is 2.47. The zero-order valence-electron chi connectivity index (χ0n) is 6.27. The van der Waals surface area contributed by atoms with E-state index in [9.17, 15) is 5.11 Å². The minimum absolute atomic E-state index is 0.00778. The third kappa shape index (κ3) is 0.687. The predicted octanol–water partition coefficient (Wildman–Crippen LogP) is -0.0139. The Hall–Kier alpha value is -0.120. The summed E-state index contributed by atoms with van der Waals surface area (Å²) in [6.45, 7) is 1.39. The minimum Gasteiger partial charge on any atom is -0.392 e. The van der Waals surface area contributed by atoms with E-state index < -0.39 is 0 Å². The Labute approximate surface area is 65.3 Å². The molecule has 3 fully saturated rings. The number of aliphatic hydroxyl groups is 1. The number of hydrogen-bond donors (Lipinski definition) is 1. The maximum Gasteiger partial charge on any atom is 0.160 e. The fraction of sp³-hybridized carbons (Fsp3) is 1.00. The summed E-state index contributed by atoms with van der Waals surface area (Å²) in [7, 11) is 0. The van der Waals surface area contributed by atoms with Crippen molar-refractivity contribution >= 4 is 0 Å². The van der Waals surface area contributed by atoms with Crippen molar-refractivity contribution in [3.63, 3.8) is 0 Å². The van der Waals surface area contributed by atoms with Gasteiger partial charge in [-0.1, -0.05) is 0 Å². The van der Waals surface area contributed by atoms with E-state index in [2.05, 4.69) is 0 Å². The van der Waals surface area contributed by atoms with Crippen LogP contribution in [0.1, 0.15) is 6.42 Å². The molecular formula is C8H12O3. The van der Waals surface area contributed by atoms with Crippen molar-refractivity contribution in [2.75, 3.05) is 13.2 Å². The molecule has 5 unspecified atom stereocenters. The summed E-state index contributed by atoms with van der Waals surface area (Å²) >= 11 is 0. The molecule has 0 aromatic rings. The van der Waals surface area contributed by atoms with Crippen molar-refractivity contribution in [3.05, 3.63) is 0 Å². The topological polar surface area (TPSA) is 38.7 Å². The first-order chi connectivity index (χ1) is 5.36. The average molecular weight is 156 g/mol. The lowest BCUT2D eigenvalue weighted by Gasteiger charge is -2.25. The molecule has 2 bridgehead atoms. The molecule has 1 N–H and O–H groups in total. The van der Waals surface area contributed by atoms with E-state index in [0.717, 1.165) is 6.42 Å². The maximum absolute atomic E-state index is 9.73. The summed E-state index contributed by atoms with van der Waals surface area (Å²) in [4.78, 5) is 0. The van der Waals surface area contributed by atoms with Crippen molar-refractivity contribution in [3.8, 4) is 0 Å². The lowest BCUT2D eigenvalue weighted by molar-refractivity contribution is -0.169. The van der Waals surface area contributed by atoms with Crippen LogP contribution in [0.2, 0.25) is 0 Å². The van der Waals surface area contributed by atoms with Crippen LogP contribution in [0.3, 0.4) is 0 Å². The van der Waals surface area contributed by atoms with Crippen LogP contribution in [-0.2, 0) is 9.47 Å². The Morgan fingerprint density at radius 3 is 2.82 bits per heavy atom. The molecule has 5 atom stereocenters. The second kappa shape index (κ2) is 1.97. The van der Waals surface area contributed by atoms with Gasteiger partial charge in [0.1, 0.15) is 0 Å². The van der Waals surface area contributed by atoms with Crippen molar-refractivity contribution in [1.82, 2.24) is 0 Å². The van der Waals surface area contributed by atoms with Crippen LogP contribution >= 0.6 is 0 Å². The third-order valence-electron chi connectivity index (χ3n) is 3.32. The van der Waals surface area contributed by atoms with Gasteiger partial charge in [-0.15, -0.1) is 0 Å². The molecule has 3 nitrogen and oxygen atoms in total. The third-order valence-corrected chi connectivity index (χ3v) is 3.32. The highest BCUT2D eigenvalue weighted by molar-refractivity contribution is 4.98. The predicted molar refractivity (Wildman–Crippen MR) is 36.8 cm³/mol. The fourth-order valence-electron chi connectivity index (χ4n) is 2.69. The molecule has 3 aliphatic rings. The summed E-state index contributed by atoms with van der Waals surface area (Å²) in [6.07, 6.45) is 0.956. The Bertz CT molecular complexity index is 180. The molecular weight excluding hydrogens is 144 g/mol. The van der Waals surface area contributed by atoms with Crippen molar-refractivity contribution in [2.24, 2.45) is 17.8 Å². The number of ether oxygens (including phenoxy) is 2. The van der Waals surface area contributed by atoms with Crippen LogP contribution in [0.5, 0.6) is 0 Å². The zero-order chi connectivity index (χ0) is 7.42. The van der Waals surface area contributed by atoms with E-state index in [4.69, 9.17) is 9.47 Å². The number of hydrogen-bond acceptors (Lipinski definition) is 3. The molecule has 0 aromatic heterocycles. The van der Waals surface area contributed by atoms with Gasteiger partial charge >= 0.3 is 0 Å². The number of aliphatic hydroxyl groups excluding tert-OH is 1. The van der Waals surface area contributed by atoms with Crippen LogP contribution in [0.4, 0.5) is 0 Å². The second-order valence-corrected chi connectivity index (χ2v) is 3.85. The van der Waals surface area contributed by atoms with E-state index in [0.29, 0.717) is 31.0 Å². The number of rotatable bonds is 0. The Morgan fingerprint density at radius 2 is 1.91 bits per heavy atom. The van der Waals surface area contributed by atoms with Crippen molar-refractivity contribution < 1.29 is 14.6 Å². The van der Waals surface area contributed by atoms with E-state index in [1.54, 1.807) is 0 Å². The van der Waals surface area contributed by atoms with Crippen molar-refractivity contribution in [2.45, 2.75) is 18.8 Å². The SMILES string of the molecule is OC1C2COC3OCC1C3C2. The van der Waals surface area contributed by atoms with Gasteiger partial charge in [0, 0.05) is 17.8 Å². The van der Waals surface area contributed by atoms with Crippen LogP contribution in [0.15, 0.2) is 0 Å². The van der Waals surface area contributed by atoms with E-state index in [1.165, 1.54) is 0 Å². The number of fused-ring (bicyclic) bond motifs is 1. The largest absolute Gasteiger partial charge is 0.392 e. The summed E-state index contributed by atoms with van der Waals surface area (Å²) in [5.74, 6) is 1.25. The standard InChI is InChI=1S/C8H12O3/c9-7-4-1-5-6(7)3-11-8(5)10-2-4/h4-9H,1-3H2. The summed E-state index contributed by atoms with van der Waals surface area (Å²) in [6, 6.07) is 0. The van der Waals surface area contributed by atoms with Gasteiger partial charge in [-0.05, 0) is 6.42 Å². The van der Waals surface area contributed by atoms with Crippen LogP contribution < -0.4 is 0 Å². The molecule has 11 heavy (non-hydrogen) atoms. The van der Waals surface area contributed by atoms with Gasteiger partial charge in [0.2, 0.25) is 0 Å². The highest BCUT2D eigenvalue weighted by atomic mass is 16.7. The monoisotopic (exact) mass is 156 g/mol. The molecule has 1 aliphatic carbocycles. The molecule has 3 heteroatoms. The van der Waals surface area contributed by atoms with Gasteiger partial charge in [0.05, 0.1) is 19.3 Å². The molecule has 0 spiro atoms. The summed E-state index contributed by atoms with van der Waals surface area (Å²) in [5, 5.41) is 9.73. The fourth-order valence-corrected chi connectivity index (χ4v) is 2.69. The first-order valence-electron chi connectivity index (χ1n) is 4.27. The van der Waals surface area contributed by atoms with Crippen LogP contribution in [0, 0.1) is 17.8 Å². The lowest BCUT2D eigenvalue weighted by Crippen LogP contribution is -2.30. The molecule has 2 heterocycles. The van der Waals surface area contributed by atoms with Gasteiger partial charge in [-0.2, -0.15) is 0 Å². The minimum atomic E-state index is -0.160. The van der Waals surface area contributed by atoms with Gasteiger partial charge in [-0.25, -0.2) is 0 Å². The zero-order valence-corrected chi connectivity index (χ0v) is 6.27. The Kier molecular flexibility index (Phi) is 1.15. The molecule has 0 amide bonds. The van der Waals surface area contributed by atoms with Gasteiger partial charge in [-0.3, -0.25) is 0 Å². The molecule has 2 saturated heterocycles.